The molecule has 0 unspecified atom stereocenters. The van der Waals surface area contributed by atoms with Crippen LogP contribution in [0.2, 0.25) is 0 Å². The Balaban J connectivity index is 1.91. The van der Waals surface area contributed by atoms with Crippen molar-refractivity contribution in [1.82, 2.24) is 0 Å². The number of nitrogens with one attached hydrogen (secondary N) is 1. The first-order valence-electron chi connectivity index (χ1n) is 7.24. The topological polar surface area (TPSA) is 30.5 Å². The van der Waals surface area contributed by atoms with Gasteiger partial charge in [0.15, 0.2) is 0 Å². The van der Waals surface area contributed by atoms with Crippen LogP contribution >= 0.6 is 0 Å². The molecular formula is C18H23NO2. The molecule has 0 aliphatic heterocycles. The molecule has 3 heteroatoms. The van der Waals surface area contributed by atoms with Gasteiger partial charge >= 0.3 is 0 Å². The van der Waals surface area contributed by atoms with Crippen LogP contribution in [-0.2, 0) is 22.3 Å². The lowest BCUT2D eigenvalue weighted by Gasteiger charge is -2.08. The van der Waals surface area contributed by atoms with Crippen LogP contribution in [0.5, 0.6) is 0 Å². The maximum absolute atomic E-state index is 5.09. The molecule has 21 heavy (non-hydrogen) atoms. The fourth-order valence-corrected chi connectivity index (χ4v) is 2.12. The van der Waals surface area contributed by atoms with E-state index in [2.05, 4.69) is 53.8 Å². The average Bonchev–Trinajstić information content (AvgIpc) is 2.53. The van der Waals surface area contributed by atoms with Gasteiger partial charge in [0, 0.05) is 25.6 Å². The van der Waals surface area contributed by atoms with Crippen molar-refractivity contribution in [1.29, 1.82) is 0 Å². The Morgan fingerprint density at radius 3 is 1.38 bits per heavy atom. The van der Waals surface area contributed by atoms with Gasteiger partial charge in [-0.05, 0) is 48.2 Å². The van der Waals surface area contributed by atoms with Crippen molar-refractivity contribution < 1.29 is 9.47 Å². The highest BCUT2D eigenvalue weighted by Gasteiger charge is 1.98. The van der Waals surface area contributed by atoms with Crippen molar-refractivity contribution in [3.05, 3.63) is 59.7 Å². The van der Waals surface area contributed by atoms with E-state index in [1.807, 2.05) is 0 Å². The maximum atomic E-state index is 5.09. The van der Waals surface area contributed by atoms with Crippen LogP contribution in [0.4, 0.5) is 11.4 Å². The number of methoxy groups -OCH3 is 2. The highest BCUT2D eigenvalue weighted by Crippen LogP contribution is 2.18. The molecule has 0 heterocycles. The first-order chi connectivity index (χ1) is 10.3. The standard InChI is InChI=1S/C18H23NO2/c1-20-13-11-15-3-7-17(8-4-15)19-18-9-5-16(6-10-18)12-14-21-2/h3-10,19H,11-14H2,1-2H3. The van der Waals surface area contributed by atoms with E-state index in [0.717, 1.165) is 37.4 Å². The van der Waals surface area contributed by atoms with Gasteiger partial charge in [-0.25, -0.2) is 0 Å². The molecule has 0 aliphatic carbocycles. The molecule has 3 nitrogen and oxygen atoms in total. The van der Waals surface area contributed by atoms with Crippen LogP contribution in [0.1, 0.15) is 11.1 Å². The Labute approximate surface area is 126 Å². The van der Waals surface area contributed by atoms with Crippen molar-refractivity contribution in [3.8, 4) is 0 Å². The molecule has 0 aromatic heterocycles. The summed E-state index contributed by atoms with van der Waals surface area (Å²) < 4.78 is 10.2. The van der Waals surface area contributed by atoms with E-state index in [1.54, 1.807) is 14.2 Å². The summed E-state index contributed by atoms with van der Waals surface area (Å²) in [6.07, 6.45) is 1.90. The molecule has 1 N–H and O–H groups in total. The summed E-state index contributed by atoms with van der Waals surface area (Å²) in [5.41, 5.74) is 4.77. The molecular weight excluding hydrogens is 262 g/mol. The third-order valence-electron chi connectivity index (χ3n) is 3.39. The van der Waals surface area contributed by atoms with E-state index in [9.17, 15) is 0 Å². The highest BCUT2D eigenvalue weighted by atomic mass is 16.5. The molecule has 0 spiro atoms. The van der Waals surface area contributed by atoms with E-state index in [-0.39, 0.29) is 0 Å². The van der Waals surface area contributed by atoms with Gasteiger partial charge < -0.3 is 14.8 Å². The number of ether oxygens (including phenoxy) is 2. The van der Waals surface area contributed by atoms with Crippen LogP contribution in [0, 0.1) is 0 Å². The van der Waals surface area contributed by atoms with Crippen molar-refractivity contribution >= 4 is 11.4 Å². The van der Waals surface area contributed by atoms with E-state index in [1.165, 1.54) is 11.1 Å². The van der Waals surface area contributed by atoms with E-state index < -0.39 is 0 Å². The first kappa shape index (κ1) is 15.5. The molecule has 2 rings (SSSR count). The van der Waals surface area contributed by atoms with Gasteiger partial charge in [-0.1, -0.05) is 24.3 Å². The maximum Gasteiger partial charge on any atom is 0.0502 e. The Bertz CT molecular complexity index is 470. The zero-order valence-corrected chi connectivity index (χ0v) is 12.8. The lowest BCUT2D eigenvalue weighted by atomic mass is 10.1. The van der Waals surface area contributed by atoms with Gasteiger partial charge in [0.1, 0.15) is 0 Å². The molecule has 0 aliphatic rings. The van der Waals surface area contributed by atoms with Crippen molar-refractivity contribution in [2.24, 2.45) is 0 Å². The summed E-state index contributed by atoms with van der Waals surface area (Å²) in [5.74, 6) is 0. The summed E-state index contributed by atoms with van der Waals surface area (Å²) in [6, 6.07) is 16.9. The van der Waals surface area contributed by atoms with E-state index >= 15 is 0 Å². The van der Waals surface area contributed by atoms with Gasteiger partial charge in [0.05, 0.1) is 13.2 Å². The summed E-state index contributed by atoms with van der Waals surface area (Å²) in [4.78, 5) is 0. The SMILES string of the molecule is COCCc1ccc(Nc2ccc(CCOC)cc2)cc1. The average molecular weight is 285 g/mol. The second-order valence-corrected chi connectivity index (χ2v) is 5.00. The molecule has 0 saturated carbocycles. The zero-order valence-electron chi connectivity index (χ0n) is 12.8. The second-order valence-electron chi connectivity index (χ2n) is 5.00. The largest absolute Gasteiger partial charge is 0.384 e. The summed E-state index contributed by atoms with van der Waals surface area (Å²) in [7, 11) is 3.46. The third kappa shape index (κ3) is 5.21. The fourth-order valence-electron chi connectivity index (χ4n) is 2.12. The van der Waals surface area contributed by atoms with Gasteiger partial charge in [0.2, 0.25) is 0 Å². The van der Waals surface area contributed by atoms with Crippen molar-refractivity contribution in [2.45, 2.75) is 12.8 Å². The van der Waals surface area contributed by atoms with Crippen LogP contribution < -0.4 is 5.32 Å². The van der Waals surface area contributed by atoms with Gasteiger partial charge in [-0.15, -0.1) is 0 Å². The Kier molecular flexibility index (Phi) is 6.25. The van der Waals surface area contributed by atoms with Crippen LogP contribution in [0.25, 0.3) is 0 Å². The Hall–Kier alpha value is -1.84. The smallest absolute Gasteiger partial charge is 0.0502 e. The van der Waals surface area contributed by atoms with Crippen LogP contribution in [0.15, 0.2) is 48.5 Å². The normalized spacial score (nSPS) is 10.6. The number of anilines is 2. The Morgan fingerprint density at radius 1 is 0.667 bits per heavy atom. The molecule has 0 atom stereocenters. The number of hydrogen-bond donors (Lipinski definition) is 1. The number of hydrogen-bond acceptors (Lipinski definition) is 3. The predicted molar refractivity (Wildman–Crippen MR) is 87.3 cm³/mol. The molecule has 0 saturated heterocycles. The minimum Gasteiger partial charge on any atom is -0.384 e. The fraction of sp³-hybridized carbons (Fsp3) is 0.333. The van der Waals surface area contributed by atoms with Crippen LogP contribution in [-0.4, -0.2) is 27.4 Å². The molecule has 112 valence electrons. The van der Waals surface area contributed by atoms with E-state index in [0.29, 0.717) is 0 Å². The number of benzene rings is 2. The summed E-state index contributed by atoms with van der Waals surface area (Å²) in [5, 5.41) is 3.41. The molecule has 0 fully saturated rings. The predicted octanol–water partition coefficient (Wildman–Crippen LogP) is 3.81. The van der Waals surface area contributed by atoms with Crippen LogP contribution in [0.3, 0.4) is 0 Å². The van der Waals surface area contributed by atoms with Gasteiger partial charge in [-0.2, -0.15) is 0 Å². The third-order valence-corrected chi connectivity index (χ3v) is 3.39. The minimum atomic E-state index is 0.760. The molecule has 0 bridgehead atoms. The molecule has 2 aromatic carbocycles. The quantitative estimate of drug-likeness (QED) is 0.800. The number of rotatable bonds is 8. The second kappa shape index (κ2) is 8.45. The van der Waals surface area contributed by atoms with E-state index in [4.69, 9.17) is 9.47 Å². The zero-order chi connectivity index (χ0) is 14.9. The van der Waals surface area contributed by atoms with Crippen molar-refractivity contribution in [3.63, 3.8) is 0 Å². The highest BCUT2D eigenvalue weighted by molar-refractivity contribution is 5.60. The van der Waals surface area contributed by atoms with Gasteiger partial charge in [-0.3, -0.25) is 0 Å². The lowest BCUT2D eigenvalue weighted by molar-refractivity contribution is 0.202. The Morgan fingerprint density at radius 2 is 1.05 bits per heavy atom. The first-order valence-corrected chi connectivity index (χ1v) is 7.24. The molecule has 0 amide bonds. The summed E-state index contributed by atoms with van der Waals surface area (Å²) >= 11 is 0. The molecule has 0 radical (unpaired) electrons. The monoisotopic (exact) mass is 285 g/mol. The van der Waals surface area contributed by atoms with Gasteiger partial charge in [0.25, 0.3) is 0 Å². The lowest BCUT2D eigenvalue weighted by Crippen LogP contribution is -1.96. The molecule has 2 aromatic rings. The minimum absolute atomic E-state index is 0.760. The van der Waals surface area contributed by atoms with Crippen molar-refractivity contribution in [2.75, 3.05) is 32.8 Å². The summed E-state index contributed by atoms with van der Waals surface area (Å²) in [6.45, 7) is 1.52.